The van der Waals surface area contributed by atoms with Crippen molar-refractivity contribution in [1.29, 1.82) is 0 Å². The minimum absolute atomic E-state index is 0.137. The number of carbonyl (C=O) groups excluding carboxylic acids is 2. The van der Waals surface area contributed by atoms with Gasteiger partial charge in [-0.2, -0.15) is 0 Å². The summed E-state index contributed by atoms with van der Waals surface area (Å²) in [7, 11) is 3.36. The van der Waals surface area contributed by atoms with Crippen molar-refractivity contribution in [2.24, 2.45) is 0 Å². The fourth-order valence-corrected chi connectivity index (χ4v) is 3.70. The zero-order valence-corrected chi connectivity index (χ0v) is 17.3. The molecular weight excluding hydrogens is 384 g/mol. The van der Waals surface area contributed by atoms with E-state index in [4.69, 9.17) is 4.74 Å². The predicted molar refractivity (Wildman–Crippen MR) is 115 cm³/mol. The van der Waals surface area contributed by atoms with Gasteiger partial charge in [0, 0.05) is 20.0 Å². The summed E-state index contributed by atoms with van der Waals surface area (Å²) < 4.78 is 5.26. The summed E-state index contributed by atoms with van der Waals surface area (Å²) in [6.45, 7) is 0.427. The number of hydrogen-bond donors (Lipinski definition) is 1. The average Bonchev–Trinajstić information content (AvgIpc) is 3.28. The molecule has 5 nitrogen and oxygen atoms in total. The molecule has 1 atom stereocenters. The molecule has 150 valence electrons. The van der Waals surface area contributed by atoms with Crippen LogP contribution in [-0.4, -0.2) is 36.9 Å². The lowest BCUT2D eigenvalue weighted by Crippen LogP contribution is -2.48. The molecule has 2 amide bonds. The Bertz CT molecular complexity index is 942. The van der Waals surface area contributed by atoms with Gasteiger partial charge in [-0.25, -0.2) is 0 Å². The second-order valence-electron chi connectivity index (χ2n) is 6.74. The molecule has 2 aromatic carbocycles. The van der Waals surface area contributed by atoms with Crippen LogP contribution in [0.3, 0.4) is 0 Å². The molecule has 0 aliphatic carbocycles. The lowest BCUT2D eigenvalue weighted by atomic mass is 10.0. The van der Waals surface area contributed by atoms with E-state index in [1.165, 1.54) is 11.3 Å². The molecule has 0 radical (unpaired) electrons. The summed E-state index contributed by atoms with van der Waals surface area (Å²) in [5.41, 5.74) is 1.95. The minimum atomic E-state index is -0.650. The van der Waals surface area contributed by atoms with Gasteiger partial charge in [-0.15, -0.1) is 11.3 Å². The van der Waals surface area contributed by atoms with Crippen molar-refractivity contribution in [2.45, 2.75) is 19.0 Å². The number of thiophene rings is 1. The molecule has 3 rings (SSSR count). The molecule has 0 unspecified atom stereocenters. The van der Waals surface area contributed by atoms with E-state index in [9.17, 15) is 9.59 Å². The Morgan fingerprint density at radius 2 is 1.79 bits per heavy atom. The lowest BCUT2D eigenvalue weighted by molar-refractivity contribution is -0.132. The fraction of sp³-hybridized carbons (Fsp3) is 0.217. The molecule has 0 saturated heterocycles. The van der Waals surface area contributed by atoms with E-state index in [1.54, 1.807) is 25.1 Å². The largest absolute Gasteiger partial charge is 0.497 e. The second-order valence-corrected chi connectivity index (χ2v) is 7.69. The Kier molecular flexibility index (Phi) is 7.03. The van der Waals surface area contributed by atoms with Gasteiger partial charge in [0.05, 0.1) is 12.0 Å². The summed E-state index contributed by atoms with van der Waals surface area (Å²) in [6.07, 6.45) is 0.430. The van der Waals surface area contributed by atoms with Gasteiger partial charge in [0.2, 0.25) is 5.91 Å². The monoisotopic (exact) mass is 408 g/mol. The van der Waals surface area contributed by atoms with Gasteiger partial charge >= 0.3 is 0 Å². The highest BCUT2D eigenvalue weighted by atomic mass is 32.1. The summed E-state index contributed by atoms with van der Waals surface area (Å²) in [5, 5.41) is 4.76. The van der Waals surface area contributed by atoms with Crippen LogP contribution < -0.4 is 10.1 Å². The molecule has 3 aromatic rings. The molecule has 29 heavy (non-hydrogen) atoms. The Morgan fingerprint density at radius 1 is 1.03 bits per heavy atom. The highest BCUT2D eigenvalue weighted by Gasteiger charge is 2.25. The summed E-state index contributed by atoms with van der Waals surface area (Å²) in [4.78, 5) is 28.0. The third kappa shape index (κ3) is 5.68. The molecule has 0 aliphatic heterocycles. The zero-order valence-electron chi connectivity index (χ0n) is 16.5. The maximum absolute atomic E-state index is 13.2. The maximum atomic E-state index is 13.2. The van der Waals surface area contributed by atoms with E-state index in [2.05, 4.69) is 5.32 Å². The Hall–Kier alpha value is -3.12. The van der Waals surface area contributed by atoms with Crippen LogP contribution in [0.25, 0.3) is 0 Å². The lowest BCUT2D eigenvalue weighted by Gasteiger charge is -2.25. The first kappa shape index (κ1) is 20.6. The number of ether oxygens (including phenoxy) is 1. The summed E-state index contributed by atoms with van der Waals surface area (Å²) >= 11 is 1.36. The molecule has 1 heterocycles. The quantitative estimate of drug-likeness (QED) is 0.617. The molecule has 0 bridgehead atoms. The van der Waals surface area contributed by atoms with Crippen molar-refractivity contribution in [3.8, 4) is 5.75 Å². The average molecular weight is 409 g/mol. The van der Waals surface area contributed by atoms with Crippen molar-refractivity contribution in [3.05, 3.63) is 88.1 Å². The van der Waals surface area contributed by atoms with Gasteiger partial charge in [-0.05, 0) is 34.7 Å². The van der Waals surface area contributed by atoms with Gasteiger partial charge in [-0.1, -0.05) is 48.5 Å². The van der Waals surface area contributed by atoms with E-state index in [1.807, 2.05) is 66.0 Å². The Morgan fingerprint density at radius 3 is 2.48 bits per heavy atom. The van der Waals surface area contributed by atoms with Crippen molar-refractivity contribution >= 4 is 23.2 Å². The van der Waals surface area contributed by atoms with Crippen LogP contribution >= 0.6 is 11.3 Å². The Labute approximate surface area is 174 Å². The van der Waals surface area contributed by atoms with Crippen LogP contribution in [0, 0.1) is 0 Å². The second kappa shape index (κ2) is 9.89. The fourth-order valence-electron chi connectivity index (χ4n) is 3.08. The molecular formula is C23H24N2O3S. The van der Waals surface area contributed by atoms with Crippen LogP contribution in [0.5, 0.6) is 5.75 Å². The topological polar surface area (TPSA) is 58.6 Å². The van der Waals surface area contributed by atoms with Crippen molar-refractivity contribution in [3.63, 3.8) is 0 Å². The zero-order chi connectivity index (χ0) is 20.6. The highest BCUT2D eigenvalue weighted by molar-refractivity contribution is 7.12. The minimum Gasteiger partial charge on any atom is -0.497 e. The number of likely N-dealkylation sites (N-methyl/N-ethyl adjacent to an activating group) is 1. The number of rotatable bonds is 8. The van der Waals surface area contributed by atoms with Gasteiger partial charge in [0.15, 0.2) is 0 Å². The third-order valence-electron chi connectivity index (χ3n) is 4.56. The molecule has 1 aromatic heterocycles. The standard InChI is InChI=1S/C23H24N2O3S/c1-25(16-18-10-6-11-19(14-18)28-2)23(27)20(15-17-8-4-3-5-9-17)24-22(26)21-12-7-13-29-21/h3-14,20H,15-16H2,1-2H3,(H,24,26)/t20-/m1/s1. The van der Waals surface area contributed by atoms with Crippen LogP contribution in [-0.2, 0) is 17.8 Å². The van der Waals surface area contributed by atoms with Crippen LogP contribution in [0.4, 0.5) is 0 Å². The normalized spacial score (nSPS) is 11.5. The van der Waals surface area contributed by atoms with E-state index in [0.29, 0.717) is 17.8 Å². The van der Waals surface area contributed by atoms with E-state index in [-0.39, 0.29) is 11.8 Å². The molecule has 0 saturated carbocycles. The third-order valence-corrected chi connectivity index (χ3v) is 5.43. The number of nitrogens with zero attached hydrogens (tertiary/aromatic N) is 1. The molecule has 0 fully saturated rings. The van der Waals surface area contributed by atoms with Crippen molar-refractivity contribution in [1.82, 2.24) is 10.2 Å². The van der Waals surface area contributed by atoms with Gasteiger partial charge in [0.25, 0.3) is 5.91 Å². The van der Waals surface area contributed by atoms with E-state index >= 15 is 0 Å². The number of carbonyl (C=O) groups is 2. The maximum Gasteiger partial charge on any atom is 0.262 e. The highest BCUT2D eigenvalue weighted by Crippen LogP contribution is 2.15. The van der Waals surface area contributed by atoms with Gasteiger partial charge < -0.3 is 15.0 Å². The van der Waals surface area contributed by atoms with Crippen molar-refractivity contribution < 1.29 is 14.3 Å². The molecule has 0 spiro atoms. The van der Waals surface area contributed by atoms with E-state index in [0.717, 1.165) is 16.9 Å². The van der Waals surface area contributed by atoms with E-state index < -0.39 is 6.04 Å². The number of nitrogens with one attached hydrogen (secondary N) is 1. The van der Waals surface area contributed by atoms with Gasteiger partial charge in [0.1, 0.15) is 11.8 Å². The molecule has 1 N–H and O–H groups in total. The molecule has 6 heteroatoms. The van der Waals surface area contributed by atoms with Gasteiger partial charge in [-0.3, -0.25) is 9.59 Å². The summed E-state index contributed by atoms with van der Waals surface area (Å²) in [5.74, 6) is 0.376. The smallest absolute Gasteiger partial charge is 0.262 e. The Balaban J connectivity index is 1.75. The SMILES string of the molecule is COc1cccc(CN(C)C(=O)[C@@H](Cc2ccccc2)NC(=O)c2cccs2)c1. The van der Waals surface area contributed by atoms with Crippen LogP contribution in [0.1, 0.15) is 20.8 Å². The first-order valence-electron chi connectivity index (χ1n) is 9.33. The number of benzene rings is 2. The number of amides is 2. The molecule has 0 aliphatic rings. The summed E-state index contributed by atoms with van der Waals surface area (Å²) in [6, 6.07) is 20.2. The first-order chi connectivity index (χ1) is 14.1. The first-order valence-corrected chi connectivity index (χ1v) is 10.2. The number of methoxy groups -OCH3 is 1. The van der Waals surface area contributed by atoms with Crippen molar-refractivity contribution in [2.75, 3.05) is 14.2 Å². The van der Waals surface area contributed by atoms with Crippen LogP contribution in [0.15, 0.2) is 72.1 Å². The number of hydrogen-bond acceptors (Lipinski definition) is 4. The predicted octanol–water partition coefficient (Wildman–Crippen LogP) is 3.76. The van der Waals surface area contributed by atoms with Crippen LogP contribution in [0.2, 0.25) is 0 Å².